The first kappa shape index (κ1) is 13.9. The van der Waals surface area contributed by atoms with Crippen LogP contribution < -0.4 is 10.6 Å². The van der Waals surface area contributed by atoms with Gasteiger partial charge in [-0.2, -0.15) is 0 Å². The van der Waals surface area contributed by atoms with E-state index in [-0.39, 0.29) is 11.6 Å². The number of nitrogens with one attached hydrogen (secondary N) is 2. The Morgan fingerprint density at radius 3 is 2.60 bits per heavy atom. The quantitative estimate of drug-likeness (QED) is 0.872. The summed E-state index contributed by atoms with van der Waals surface area (Å²) in [5.74, 6) is 0.366. The molecule has 2 aromatic heterocycles. The molecule has 0 unspecified atom stereocenters. The summed E-state index contributed by atoms with van der Waals surface area (Å²) < 4.78 is 0. The number of hydrogen-bond donors (Lipinski definition) is 2. The number of pyridine rings is 1. The number of hydrogen-bond acceptors (Lipinski definition) is 5. The summed E-state index contributed by atoms with van der Waals surface area (Å²) in [7, 11) is 0. The van der Waals surface area contributed by atoms with Crippen molar-refractivity contribution in [3.8, 4) is 0 Å². The number of nitrogens with zero attached hydrogens (tertiary/aromatic N) is 3. The minimum atomic E-state index is -0.301. The van der Waals surface area contributed by atoms with Crippen molar-refractivity contribution in [2.24, 2.45) is 0 Å². The van der Waals surface area contributed by atoms with Gasteiger partial charge in [-0.3, -0.25) is 9.78 Å². The van der Waals surface area contributed by atoms with E-state index in [0.29, 0.717) is 11.5 Å². The molecule has 0 saturated carbocycles. The van der Waals surface area contributed by atoms with Crippen molar-refractivity contribution in [1.29, 1.82) is 0 Å². The third-order valence-corrected chi connectivity index (χ3v) is 2.61. The number of rotatable bonds is 5. The maximum absolute atomic E-state index is 12.0. The minimum absolute atomic E-state index is 0.271. The lowest BCUT2D eigenvalue weighted by Gasteiger charge is -2.06. The Kier molecular flexibility index (Phi) is 4.60. The van der Waals surface area contributed by atoms with Gasteiger partial charge in [0.15, 0.2) is 0 Å². The van der Waals surface area contributed by atoms with E-state index in [2.05, 4.69) is 32.5 Å². The predicted octanol–water partition coefficient (Wildman–Crippen LogP) is 2.25. The van der Waals surface area contributed by atoms with E-state index >= 15 is 0 Å². The summed E-state index contributed by atoms with van der Waals surface area (Å²) in [5, 5.41) is 5.82. The first-order valence-electron chi connectivity index (χ1n) is 6.49. The summed E-state index contributed by atoms with van der Waals surface area (Å²) in [5.41, 5.74) is 1.80. The van der Waals surface area contributed by atoms with Crippen molar-refractivity contribution in [3.05, 3.63) is 42.1 Å². The molecule has 0 atom stereocenters. The lowest BCUT2D eigenvalue weighted by atomic mass is 10.3. The second-order valence-corrected chi connectivity index (χ2v) is 4.36. The summed E-state index contributed by atoms with van der Waals surface area (Å²) >= 11 is 0. The fourth-order valence-corrected chi connectivity index (χ4v) is 1.53. The zero-order chi connectivity index (χ0) is 14.4. The molecule has 6 heteroatoms. The molecule has 0 spiro atoms. The molecule has 0 bridgehead atoms. The first-order chi connectivity index (χ1) is 9.69. The summed E-state index contributed by atoms with van der Waals surface area (Å²) in [6.45, 7) is 4.78. The van der Waals surface area contributed by atoms with Gasteiger partial charge in [0.1, 0.15) is 11.5 Å². The number of aryl methyl sites for hydroxylation is 1. The lowest BCUT2D eigenvalue weighted by molar-refractivity contribution is 0.102. The van der Waals surface area contributed by atoms with Crippen LogP contribution in [0, 0.1) is 6.92 Å². The zero-order valence-electron chi connectivity index (χ0n) is 11.6. The summed E-state index contributed by atoms with van der Waals surface area (Å²) in [6.07, 6.45) is 5.62. The molecule has 2 aromatic rings. The SMILES string of the molecule is CCCNc1cnc(C(=O)Nc2ccc(C)nc2)cn1. The number of carbonyl (C=O) groups is 1. The Bertz CT molecular complexity index is 565. The molecule has 0 aliphatic rings. The molecule has 6 nitrogen and oxygen atoms in total. The Labute approximate surface area is 117 Å². The van der Waals surface area contributed by atoms with Crippen LogP contribution in [0.3, 0.4) is 0 Å². The van der Waals surface area contributed by atoms with Gasteiger partial charge in [-0.05, 0) is 25.5 Å². The second kappa shape index (κ2) is 6.60. The van der Waals surface area contributed by atoms with Crippen molar-refractivity contribution in [2.75, 3.05) is 17.2 Å². The third-order valence-electron chi connectivity index (χ3n) is 2.61. The zero-order valence-corrected chi connectivity index (χ0v) is 11.6. The summed E-state index contributed by atoms with van der Waals surface area (Å²) in [6, 6.07) is 3.63. The lowest BCUT2D eigenvalue weighted by Crippen LogP contribution is -2.14. The van der Waals surface area contributed by atoms with E-state index in [9.17, 15) is 4.79 Å². The molecular weight excluding hydrogens is 254 g/mol. The molecule has 0 radical (unpaired) electrons. The van der Waals surface area contributed by atoms with E-state index in [1.54, 1.807) is 18.5 Å². The van der Waals surface area contributed by atoms with Gasteiger partial charge in [0.05, 0.1) is 24.3 Å². The highest BCUT2D eigenvalue weighted by atomic mass is 16.1. The Morgan fingerprint density at radius 1 is 1.15 bits per heavy atom. The van der Waals surface area contributed by atoms with Crippen LogP contribution in [0.5, 0.6) is 0 Å². The molecule has 2 N–H and O–H groups in total. The smallest absolute Gasteiger partial charge is 0.275 e. The Balaban J connectivity index is 2.00. The molecule has 20 heavy (non-hydrogen) atoms. The maximum Gasteiger partial charge on any atom is 0.275 e. The predicted molar refractivity (Wildman–Crippen MR) is 77.7 cm³/mol. The second-order valence-electron chi connectivity index (χ2n) is 4.36. The first-order valence-corrected chi connectivity index (χ1v) is 6.49. The average molecular weight is 271 g/mol. The van der Waals surface area contributed by atoms with E-state index in [1.165, 1.54) is 6.20 Å². The molecule has 0 saturated heterocycles. The van der Waals surface area contributed by atoms with Crippen LogP contribution in [0.2, 0.25) is 0 Å². The van der Waals surface area contributed by atoms with E-state index < -0.39 is 0 Å². The molecule has 0 aliphatic heterocycles. The standard InChI is InChI=1S/C14H17N5O/c1-3-6-15-13-9-17-12(8-18-13)14(20)19-11-5-4-10(2)16-7-11/h4-5,7-9H,3,6H2,1-2H3,(H,15,18)(H,19,20). The van der Waals surface area contributed by atoms with Crippen molar-refractivity contribution < 1.29 is 4.79 Å². The average Bonchev–Trinajstić information content (AvgIpc) is 2.48. The maximum atomic E-state index is 12.0. The molecule has 0 fully saturated rings. The highest BCUT2D eigenvalue weighted by Gasteiger charge is 2.08. The van der Waals surface area contributed by atoms with Gasteiger partial charge in [-0.25, -0.2) is 9.97 Å². The molecule has 2 heterocycles. The normalized spacial score (nSPS) is 10.1. The van der Waals surface area contributed by atoms with Crippen molar-refractivity contribution >= 4 is 17.4 Å². The molecule has 104 valence electrons. The third kappa shape index (κ3) is 3.74. The molecule has 1 amide bonds. The Hall–Kier alpha value is -2.50. The molecule has 0 aliphatic carbocycles. The number of carbonyl (C=O) groups excluding carboxylic acids is 1. The van der Waals surface area contributed by atoms with Crippen LogP contribution in [-0.4, -0.2) is 27.4 Å². The number of amides is 1. The van der Waals surface area contributed by atoms with Gasteiger partial charge in [-0.15, -0.1) is 0 Å². The van der Waals surface area contributed by atoms with E-state index in [4.69, 9.17) is 0 Å². The molecule has 0 aromatic carbocycles. The summed E-state index contributed by atoms with van der Waals surface area (Å²) in [4.78, 5) is 24.3. The fourth-order valence-electron chi connectivity index (χ4n) is 1.53. The molecular formula is C14H17N5O. The fraction of sp³-hybridized carbons (Fsp3) is 0.286. The topological polar surface area (TPSA) is 79.8 Å². The number of aromatic nitrogens is 3. The van der Waals surface area contributed by atoms with E-state index in [1.807, 2.05) is 13.0 Å². The van der Waals surface area contributed by atoms with Crippen LogP contribution >= 0.6 is 0 Å². The van der Waals surface area contributed by atoms with Crippen LogP contribution in [0.4, 0.5) is 11.5 Å². The Morgan fingerprint density at radius 2 is 2.00 bits per heavy atom. The van der Waals surface area contributed by atoms with Crippen LogP contribution in [-0.2, 0) is 0 Å². The van der Waals surface area contributed by atoms with Crippen molar-refractivity contribution in [2.45, 2.75) is 20.3 Å². The van der Waals surface area contributed by atoms with Gasteiger partial charge in [-0.1, -0.05) is 6.92 Å². The highest BCUT2D eigenvalue weighted by Crippen LogP contribution is 2.08. The van der Waals surface area contributed by atoms with E-state index in [0.717, 1.165) is 18.7 Å². The monoisotopic (exact) mass is 271 g/mol. The number of anilines is 2. The van der Waals surface area contributed by atoms with Crippen LogP contribution in [0.15, 0.2) is 30.7 Å². The highest BCUT2D eigenvalue weighted by molar-refractivity contribution is 6.02. The minimum Gasteiger partial charge on any atom is -0.369 e. The van der Waals surface area contributed by atoms with Crippen molar-refractivity contribution in [1.82, 2.24) is 15.0 Å². The van der Waals surface area contributed by atoms with Gasteiger partial charge >= 0.3 is 0 Å². The van der Waals surface area contributed by atoms with Gasteiger partial charge in [0.25, 0.3) is 5.91 Å². The molecule has 2 rings (SSSR count). The van der Waals surface area contributed by atoms with Gasteiger partial charge in [0, 0.05) is 12.2 Å². The van der Waals surface area contributed by atoms with Gasteiger partial charge in [0.2, 0.25) is 0 Å². The van der Waals surface area contributed by atoms with Gasteiger partial charge < -0.3 is 10.6 Å². The van der Waals surface area contributed by atoms with Crippen molar-refractivity contribution in [3.63, 3.8) is 0 Å². The van der Waals surface area contributed by atoms with Crippen LogP contribution in [0.1, 0.15) is 29.5 Å². The largest absolute Gasteiger partial charge is 0.369 e. The van der Waals surface area contributed by atoms with Crippen LogP contribution in [0.25, 0.3) is 0 Å².